The smallest absolute Gasteiger partial charge is 0.227 e. The minimum atomic E-state index is -3.78. The van der Waals surface area contributed by atoms with E-state index in [4.69, 9.17) is 10.2 Å². The molecule has 5 nitrogen and oxygen atoms in total. The Morgan fingerprint density at radius 3 is 2.46 bits per heavy atom. The van der Waals surface area contributed by atoms with Crippen LogP contribution in [-0.4, -0.2) is 19.9 Å². The molecule has 7 heteroatoms. The van der Waals surface area contributed by atoms with Crippen molar-refractivity contribution >= 4 is 25.8 Å². The summed E-state index contributed by atoms with van der Waals surface area (Å²) >= 11 is 3.32. The predicted octanol–water partition coefficient (Wildman–Crippen LogP) is 4.14. The van der Waals surface area contributed by atoms with Crippen LogP contribution >= 0.6 is 15.9 Å². The molecule has 0 amide bonds. The summed E-state index contributed by atoms with van der Waals surface area (Å²) in [6.45, 7) is 2.38. The van der Waals surface area contributed by atoms with Crippen molar-refractivity contribution in [3.05, 3.63) is 64.3 Å². The summed E-state index contributed by atoms with van der Waals surface area (Å²) in [5, 5.41) is -0.0356. The highest BCUT2D eigenvalue weighted by Gasteiger charge is 2.28. The number of aromatic nitrogens is 1. The average Bonchev–Trinajstić information content (AvgIpc) is 3.05. The lowest BCUT2D eigenvalue weighted by molar-refractivity contribution is 0.501. The quantitative estimate of drug-likeness (QED) is 0.629. The first-order valence-electron chi connectivity index (χ1n) is 8.20. The average molecular weight is 435 g/mol. The van der Waals surface area contributed by atoms with E-state index in [0.717, 1.165) is 15.6 Å². The third-order valence-corrected chi connectivity index (χ3v) is 6.27. The van der Waals surface area contributed by atoms with Gasteiger partial charge >= 0.3 is 0 Å². The van der Waals surface area contributed by atoms with E-state index < -0.39 is 9.84 Å². The van der Waals surface area contributed by atoms with Crippen molar-refractivity contribution in [1.82, 2.24) is 4.98 Å². The molecule has 0 spiro atoms. The van der Waals surface area contributed by atoms with Gasteiger partial charge in [0.2, 0.25) is 20.8 Å². The minimum absolute atomic E-state index is 0.0356. The Morgan fingerprint density at radius 2 is 1.81 bits per heavy atom. The van der Waals surface area contributed by atoms with Gasteiger partial charge in [-0.2, -0.15) is 4.98 Å². The Balaban J connectivity index is 2.13. The lowest BCUT2D eigenvalue weighted by Gasteiger charge is -2.03. The van der Waals surface area contributed by atoms with Gasteiger partial charge in [-0.25, -0.2) is 8.42 Å². The van der Waals surface area contributed by atoms with E-state index in [9.17, 15) is 8.42 Å². The van der Waals surface area contributed by atoms with Crippen molar-refractivity contribution in [2.24, 2.45) is 5.73 Å². The fraction of sp³-hybridized carbons (Fsp3) is 0.211. The fourth-order valence-corrected chi connectivity index (χ4v) is 4.25. The van der Waals surface area contributed by atoms with Crippen LogP contribution < -0.4 is 5.73 Å². The number of nitrogens with two attached hydrogens (primary N) is 1. The molecule has 26 heavy (non-hydrogen) atoms. The molecule has 0 aliphatic carbocycles. The Hall–Kier alpha value is -1.96. The van der Waals surface area contributed by atoms with Crippen LogP contribution in [0, 0.1) is 6.92 Å². The van der Waals surface area contributed by atoms with Crippen LogP contribution in [-0.2, 0) is 16.3 Å². The minimum Gasteiger partial charge on any atom is -0.440 e. The van der Waals surface area contributed by atoms with Gasteiger partial charge < -0.3 is 10.2 Å². The van der Waals surface area contributed by atoms with E-state index in [2.05, 4.69) is 20.9 Å². The number of hydrogen-bond donors (Lipinski definition) is 1. The van der Waals surface area contributed by atoms with Crippen LogP contribution in [0.15, 0.2) is 67.3 Å². The van der Waals surface area contributed by atoms with Gasteiger partial charge in [-0.3, -0.25) is 0 Å². The van der Waals surface area contributed by atoms with E-state index in [1.165, 1.54) is 0 Å². The van der Waals surface area contributed by atoms with Crippen molar-refractivity contribution in [3.63, 3.8) is 0 Å². The fourth-order valence-electron chi connectivity index (χ4n) is 2.62. The second-order valence-corrected chi connectivity index (χ2v) is 8.69. The first-order chi connectivity index (χ1) is 12.4. The first-order valence-corrected chi connectivity index (χ1v) is 10.5. The van der Waals surface area contributed by atoms with E-state index in [0.29, 0.717) is 31.0 Å². The molecular formula is C19H19BrN2O3S. The molecule has 136 valence electrons. The van der Waals surface area contributed by atoms with Crippen molar-refractivity contribution in [2.45, 2.75) is 29.7 Å². The zero-order valence-corrected chi connectivity index (χ0v) is 16.7. The summed E-state index contributed by atoms with van der Waals surface area (Å²) in [5.74, 6) is 0.655. The number of rotatable bonds is 6. The second kappa shape index (κ2) is 7.73. The zero-order chi connectivity index (χ0) is 18.7. The second-order valence-electron chi connectivity index (χ2n) is 5.91. The highest BCUT2D eigenvalue weighted by Crippen LogP contribution is 2.31. The summed E-state index contributed by atoms with van der Waals surface area (Å²) in [7, 11) is -3.78. The van der Waals surface area contributed by atoms with Gasteiger partial charge in [0.15, 0.2) is 0 Å². The summed E-state index contributed by atoms with van der Waals surface area (Å²) in [4.78, 5) is 4.54. The maximum absolute atomic E-state index is 13.1. The lowest BCUT2D eigenvalue weighted by atomic mass is 10.1. The van der Waals surface area contributed by atoms with E-state index >= 15 is 0 Å². The van der Waals surface area contributed by atoms with Gasteiger partial charge in [0.25, 0.3) is 0 Å². The standard InChI is InChI=1S/C19H19BrN2O3S/c1-13-5-2-3-6-16(13)18-22-19(17(25-18)7-4-12-21)26(23,24)15-10-8-14(20)9-11-15/h2-3,5-6,8-11H,4,7,12,21H2,1H3. The Kier molecular flexibility index (Phi) is 5.60. The van der Waals surface area contributed by atoms with E-state index in [-0.39, 0.29) is 9.92 Å². The number of oxazole rings is 1. The Labute approximate surface area is 161 Å². The summed E-state index contributed by atoms with van der Waals surface area (Å²) in [6.07, 6.45) is 1.03. The maximum atomic E-state index is 13.1. The largest absolute Gasteiger partial charge is 0.440 e. The molecule has 1 heterocycles. The van der Waals surface area contributed by atoms with Crippen molar-refractivity contribution in [3.8, 4) is 11.5 Å². The summed E-state index contributed by atoms with van der Waals surface area (Å²) < 4.78 is 32.8. The lowest BCUT2D eigenvalue weighted by Crippen LogP contribution is -2.07. The maximum Gasteiger partial charge on any atom is 0.227 e. The van der Waals surface area contributed by atoms with Crippen molar-refractivity contribution in [1.29, 1.82) is 0 Å². The van der Waals surface area contributed by atoms with Crippen LogP contribution in [0.2, 0.25) is 0 Å². The van der Waals surface area contributed by atoms with Crippen molar-refractivity contribution < 1.29 is 12.8 Å². The first kappa shape index (κ1) is 18.8. The number of nitrogens with zero attached hydrogens (tertiary/aromatic N) is 1. The van der Waals surface area contributed by atoms with Crippen LogP contribution in [0.4, 0.5) is 0 Å². The van der Waals surface area contributed by atoms with Gasteiger partial charge in [-0.15, -0.1) is 0 Å². The van der Waals surface area contributed by atoms with Gasteiger partial charge in [0.05, 0.1) is 4.90 Å². The Morgan fingerprint density at radius 1 is 1.12 bits per heavy atom. The molecule has 0 saturated carbocycles. The number of hydrogen-bond acceptors (Lipinski definition) is 5. The third-order valence-electron chi connectivity index (χ3n) is 4.02. The van der Waals surface area contributed by atoms with E-state index in [1.54, 1.807) is 24.3 Å². The molecule has 0 radical (unpaired) electrons. The molecule has 2 aromatic carbocycles. The molecular weight excluding hydrogens is 416 g/mol. The SMILES string of the molecule is Cc1ccccc1-c1nc(S(=O)(=O)c2ccc(Br)cc2)c(CCCN)o1. The van der Waals surface area contributed by atoms with Crippen LogP contribution in [0.5, 0.6) is 0 Å². The van der Waals surface area contributed by atoms with Gasteiger partial charge in [-0.05, 0) is 55.8 Å². The van der Waals surface area contributed by atoms with E-state index in [1.807, 2.05) is 31.2 Å². The van der Waals surface area contributed by atoms with Crippen LogP contribution in [0.1, 0.15) is 17.7 Å². The Bertz CT molecular complexity index is 1010. The van der Waals surface area contributed by atoms with Crippen molar-refractivity contribution in [2.75, 3.05) is 6.54 Å². The highest BCUT2D eigenvalue weighted by atomic mass is 79.9. The number of halogens is 1. The molecule has 1 aromatic heterocycles. The van der Waals surface area contributed by atoms with Crippen LogP contribution in [0.3, 0.4) is 0 Å². The van der Waals surface area contributed by atoms with Crippen LogP contribution in [0.25, 0.3) is 11.5 Å². The highest BCUT2D eigenvalue weighted by molar-refractivity contribution is 9.10. The molecule has 3 aromatic rings. The number of sulfone groups is 1. The summed E-state index contributed by atoms with van der Waals surface area (Å²) in [5.41, 5.74) is 7.33. The predicted molar refractivity (Wildman–Crippen MR) is 104 cm³/mol. The molecule has 0 atom stereocenters. The third kappa shape index (κ3) is 3.75. The van der Waals surface area contributed by atoms with Gasteiger partial charge in [-0.1, -0.05) is 34.1 Å². The zero-order valence-electron chi connectivity index (χ0n) is 14.3. The molecule has 0 aliphatic rings. The molecule has 2 N–H and O–H groups in total. The molecule has 0 unspecified atom stereocenters. The number of aryl methyl sites for hydroxylation is 2. The molecule has 0 saturated heterocycles. The summed E-state index contributed by atoms with van der Waals surface area (Å²) in [6, 6.07) is 14.1. The molecule has 0 aliphatic heterocycles. The normalized spacial score (nSPS) is 11.7. The van der Waals surface area contributed by atoms with Gasteiger partial charge in [0.1, 0.15) is 5.76 Å². The topological polar surface area (TPSA) is 86.2 Å². The molecule has 0 bridgehead atoms. The molecule has 3 rings (SSSR count). The van der Waals surface area contributed by atoms with Gasteiger partial charge in [0, 0.05) is 16.5 Å². The monoisotopic (exact) mass is 434 g/mol. The number of benzene rings is 2. The molecule has 0 fully saturated rings.